The Balaban J connectivity index is 1.69. The Kier molecular flexibility index (Phi) is 6.49. The largest absolute Gasteiger partial charge is 0.487 e. The number of ether oxygens (including phenoxy) is 1. The topological polar surface area (TPSA) is 56.1 Å². The maximum atomic E-state index is 12.5. The van der Waals surface area contributed by atoms with Crippen LogP contribution in [0.15, 0.2) is 65.7 Å². The van der Waals surface area contributed by atoms with E-state index >= 15 is 0 Å². The van der Waals surface area contributed by atoms with Gasteiger partial charge < -0.3 is 10.1 Å². The van der Waals surface area contributed by atoms with Gasteiger partial charge in [-0.1, -0.05) is 37.6 Å². The quantitative estimate of drug-likeness (QED) is 0.636. The van der Waals surface area contributed by atoms with Gasteiger partial charge in [0.2, 0.25) is 0 Å². The molecule has 0 fully saturated rings. The minimum atomic E-state index is -0.150. The van der Waals surface area contributed by atoms with Crippen LogP contribution < -0.4 is 15.6 Å². The van der Waals surface area contributed by atoms with Crippen LogP contribution in [0, 0.1) is 0 Å². The van der Waals surface area contributed by atoms with Gasteiger partial charge in [0.05, 0.1) is 10.7 Å². The molecule has 3 aromatic rings. The van der Waals surface area contributed by atoms with E-state index in [2.05, 4.69) is 31.1 Å². The fraction of sp³-hybridized carbons (Fsp3) is 0.273. The van der Waals surface area contributed by atoms with Crippen molar-refractivity contribution in [2.24, 2.45) is 0 Å². The number of aromatic nitrogens is 2. The van der Waals surface area contributed by atoms with Crippen LogP contribution in [0.4, 0.5) is 0 Å². The molecular formula is C22H24ClN3O2. The first-order chi connectivity index (χ1) is 13.4. The van der Waals surface area contributed by atoms with Gasteiger partial charge >= 0.3 is 0 Å². The van der Waals surface area contributed by atoms with Crippen molar-refractivity contribution in [3.8, 4) is 11.4 Å². The third-order valence-corrected chi connectivity index (χ3v) is 4.54. The number of benzene rings is 1. The lowest BCUT2D eigenvalue weighted by molar-refractivity contribution is 0.300. The van der Waals surface area contributed by atoms with E-state index in [1.807, 2.05) is 24.3 Å². The van der Waals surface area contributed by atoms with Gasteiger partial charge in [-0.05, 0) is 42.8 Å². The Hall–Kier alpha value is -2.63. The van der Waals surface area contributed by atoms with Crippen molar-refractivity contribution in [1.82, 2.24) is 14.9 Å². The number of nitrogens with zero attached hydrogens (tertiary/aromatic N) is 2. The molecule has 1 N–H and O–H groups in total. The second-order valence-corrected chi connectivity index (χ2v) is 7.40. The average molecular weight is 398 g/mol. The van der Waals surface area contributed by atoms with E-state index in [1.165, 1.54) is 11.6 Å². The van der Waals surface area contributed by atoms with Gasteiger partial charge in [-0.25, -0.2) is 0 Å². The lowest BCUT2D eigenvalue weighted by Crippen LogP contribution is -2.26. The van der Waals surface area contributed by atoms with Gasteiger partial charge in [0.25, 0.3) is 5.56 Å². The molecule has 146 valence electrons. The zero-order valence-corrected chi connectivity index (χ0v) is 17.0. The van der Waals surface area contributed by atoms with Crippen molar-refractivity contribution in [2.45, 2.75) is 39.5 Å². The van der Waals surface area contributed by atoms with Crippen LogP contribution >= 0.6 is 11.6 Å². The molecule has 0 saturated carbocycles. The van der Waals surface area contributed by atoms with Gasteiger partial charge in [0, 0.05) is 36.2 Å². The van der Waals surface area contributed by atoms with Gasteiger partial charge in [-0.3, -0.25) is 14.3 Å². The predicted octanol–water partition coefficient (Wildman–Crippen LogP) is 4.52. The van der Waals surface area contributed by atoms with E-state index in [0.717, 1.165) is 11.4 Å². The van der Waals surface area contributed by atoms with E-state index < -0.39 is 0 Å². The highest BCUT2D eigenvalue weighted by molar-refractivity contribution is 6.30. The number of halogens is 1. The Morgan fingerprint density at radius 3 is 2.46 bits per heavy atom. The van der Waals surface area contributed by atoms with Gasteiger partial charge in [-0.15, -0.1) is 0 Å². The summed E-state index contributed by atoms with van der Waals surface area (Å²) in [6.07, 6.45) is 3.29. The summed E-state index contributed by atoms with van der Waals surface area (Å²) in [5.74, 6) is 0.504. The first-order valence-corrected chi connectivity index (χ1v) is 9.62. The molecule has 0 amide bonds. The molecule has 6 heteroatoms. The first kappa shape index (κ1) is 20.1. The minimum Gasteiger partial charge on any atom is -0.487 e. The third kappa shape index (κ3) is 5.21. The van der Waals surface area contributed by atoms with E-state index in [0.29, 0.717) is 16.8 Å². The predicted molar refractivity (Wildman–Crippen MR) is 112 cm³/mol. The van der Waals surface area contributed by atoms with Crippen LogP contribution in [0.5, 0.6) is 5.75 Å². The summed E-state index contributed by atoms with van der Waals surface area (Å²) in [4.78, 5) is 16.7. The molecule has 2 aromatic heterocycles. The molecule has 0 spiro atoms. The smallest absolute Gasteiger partial charge is 0.258 e. The normalized spacial score (nSPS) is 12.2. The van der Waals surface area contributed by atoms with E-state index in [-0.39, 0.29) is 18.2 Å². The summed E-state index contributed by atoms with van der Waals surface area (Å²) in [6.45, 7) is 6.65. The fourth-order valence-corrected chi connectivity index (χ4v) is 3.04. The number of rotatable bonds is 7. The Labute approximate surface area is 170 Å². The number of hydrogen-bond acceptors (Lipinski definition) is 4. The zero-order valence-electron chi connectivity index (χ0n) is 16.2. The molecule has 0 aliphatic carbocycles. The summed E-state index contributed by atoms with van der Waals surface area (Å²) in [6, 6.07) is 15.4. The van der Waals surface area contributed by atoms with Crippen LogP contribution in [-0.2, 0) is 6.61 Å². The summed E-state index contributed by atoms with van der Waals surface area (Å²) >= 11 is 5.82. The lowest BCUT2D eigenvalue weighted by atomic mass is 10.1. The maximum absolute atomic E-state index is 12.5. The van der Waals surface area contributed by atoms with Gasteiger partial charge in [0.15, 0.2) is 0 Å². The van der Waals surface area contributed by atoms with Crippen LogP contribution in [0.2, 0.25) is 5.02 Å². The molecule has 3 rings (SSSR count). The highest BCUT2D eigenvalue weighted by Crippen LogP contribution is 2.17. The Bertz CT molecular complexity index is 966. The van der Waals surface area contributed by atoms with Crippen molar-refractivity contribution < 1.29 is 4.74 Å². The molecule has 28 heavy (non-hydrogen) atoms. The van der Waals surface area contributed by atoms with E-state index in [4.69, 9.17) is 16.3 Å². The molecule has 1 atom stereocenters. The van der Waals surface area contributed by atoms with Gasteiger partial charge in [0.1, 0.15) is 12.4 Å². The van der Waals surface area contributed by atoms with Crippen LogP contribution in [0.1, 0.15) is 38.1 Å². The molecule has 1 unspecified atom stereocenters. The summed E-state index contributed by atoms with van der Waals surface area (Å²) in [5.41, 5.74) is 2.59. The summed E-state index contributed by atoms with van der Waals surface area (Å²) in [7, 11) is 0. The second kappa shape index (κ2) is 9.04. The number of pyridine rings is 2. The van der Waals surface area contributed by atoms with Crippen molar-refractivity contribution in [3.63, 3.8) is 0 Å². The third-order valence-electron chi connectivity index (χ3n) is 4.32. The average Bonchev–Trinajstić information content (AvgIpc) is 2.67. The molecule has 0 bridgehead atoms. The second-order valence-electron chi connectivity index (χ2n) is 6.96. The molecule has 1 aromatic carbocycles. The van der Waals surface area contributed by atoms with Crippen LogP contribution in [0.3, 0.4) is 0 Å². The van der Waals surface area contributed by atoms with Crippen molar-refractivity contribution in [1.29, 1.82) is 0 Å². The molecule has 0 radical (unpaired) electrons. The summed E-state index contributed by atoms with van der Waals surface area (Å²) < 4.78 is 7.26. The molecule has 5 nitrogen and oxygen atoms in total. The van der Waals surface area contributed by atoms with Crippen LogP contribution in [-0.4, -0.2) is 15.6 Å². The van der Waals surface area contributed by atoms with Crippen molar-refractivity contribution in [3.05, 3.63) is 87.6 Å². The molecule has 0 aliphatic heterocycles. The fourth-order valence-electron chi connectivity index (χ4n) is 2.93. The van der Waals surface area contributed by atoms with Crippen molar-refractivity contribution >= 4 is 11.6 Å². The van der Waals surface area contributed by atoms with Gasteiger partial charge in [-0.2, -0.15) is 0 Å². The molecular weight excluding hydrogens is 374 g/mol. The summed E-state index contributed by atoms with van der Waals surface area (Å²) in [5, 5.41) is 4.05. The standard InChI is InChI=1S/C22H24ClN3O2/c1-15(2)25-16(3)17-4-8-20(9-5-17)26-11-10-21(12-22(26)27)28-14-19-7-6-18(23)13-24-19/h4-13,15-16,25H,14H2,1-3H3. The number of nitrogens with one attached hydrogen (secondary N) is 1. The minimum absolute atomic E-state index is 0.150. The van der Waals surface area contributed by atoms with Crippen molar-refractivity contribution in [2.75, 3.05) is 0 Å². The Morgan fingerprint density at radius 2 is 1.86 bits per heavy atom. The molecule has 2 heterocycles. The zero-order chi connectivity index (χ0) is 20.1. The van der Waals surface area contributed by atoms with Crippen LogP contribution in [0.25, 0.3) is 5.69 Å². The highest BCUT2D eigenvalue weighted by Gasteiger charge is 2.08. The number of hydrogen-bond donors (Lipinski definition) is 1. The monoisotopic (exact) mass is 397 g/mol. The Morgan fingerprint density at radius 1 is 1.11 bits per heavy atom. The first-order valence-electron chi connectivity index (χ1n) is 9.24. The highest BCUT2D eigenvalue weighted by atomic mass is 35.5. The van der Waals surface area contributed by atoms with E-state index in [9.17, 15) is 4.79 Å². The molecule has 0 aliphatic rings. The molecule has 0 saturated heterocycles. The van der Waals surface area contributed by atoms with E-state index in [1.54, 1.807) is 35.2 Å². The lowest BCUT2D eigenvalue weighted by Gasteiger charge is -2.17. The SMILES string of the molecule is CC(C)NC(C)c1ccc(-n2ccc(OCc3ccc(Cl)cn3)cc2=O)cc1. The maximum Gasteiger partial charge on any atom is 0.258 e.